The van der Waals surface area contributed by atoms with Crippen LogP contribution in [0.15, 0.2) is 59.0 Å². The lowest BCUT2D eigenvalue weighted by atomic mass is 9.73. The summed E-state index contributed by atoms with van der Waals surface area (Å²) in [5.74, 6) is 3.57. The number of oxazole rings is 1. The summed E-state index contributed by atoms with van der Waals surface area (Å²) in [6.45, 7) is 6.73. The zero-order chi connectivity index (χ0) is 29.8. The fourth-order valence-corrected chi connectivity index (χ4v) is 8.29. The van der Waals surface area contributed by atoms with Crippen molar-refractivity contribution in [1.29, 1.82) is 0 Å². The lowest BCUT2D eigenvalue weighted by Crippen LogP contribution is -2.40. The first-order valence-corrected chi connectivity index (χ1v) is 16.9. The van der Waals surface area contributed by atoms with E-state index in [0.717, 1.165) is 50.1 Å². The Balaban J connectivity index is 1.27. The van der Waals surface area contributed by atoms with Gasteiger partial charge >= 0.3 is 0 Å². The second-order valence-electron chi connectivity index (χ2n) is 13.8. The maximum atomic E-state index is 13.7. The molecule has 3 heterocycles. The SMILES string of the molecule is CC1CCCN(c2oc(C(C3CCC(C(c4ccc(F)cc4)N(C)C)CC3)N3CCCCC3)nc2Cc2ccccc2)C1. The Morgan fingerprint density at radius 3 is 2.23 bits per heavy atom. The van der Waals surface area contributed by atoms with Crippen LogP contribution in [-0.2, 0) is 6.42 Å². The van der Waals surface area contributed by atoms with Crippen LogP contribution in [-0.4, -0.2) is 55.1 Å². The van der Waals surface area contributed by atoms with Crippen molar-refractivity contribution in [2.24, 2.45) is 17.8 Å². The summed E-state index contributed by atoms with van der Waals surface area (Å²) in [5, 5.41) is 0. The number of rotatable bonds is 9. The Labute approximate surface area is 258 Å². The third-order valence-electron chi connectivity index (χ3n) is 10.4. The summed E-state index contributed by atoms with van der Waals surface area (Å²) in [4.78, 5) is 12.9. The van der Waals surface area contributed by atoms with Crippen molar-refractivity contribution in [3.63, 3.8) is 0 Å². The quantitative estimate of drug-likeness (QED) is 0.252. The first kappa shape index (κ1) is 30.3. The first-order valence-electron chi connectivity index (χ1n) is 16.9. The largest absolute Gasteiger partial charge is 0.423 e. The van der Waals surface area contributed by atoms with E-state index in [0.29, 0.717) is 23.8 Å². The second kappa shape index (κ2) is 13.9. The van der Waals surface area contributed by atoms with Crippen LogP contribution in [0.1, 0.15) is 99.5 Å². The van der Waals surface area contributed by atoms with Crippen molar-refractivity contribution < 1.29 is 8.81 Å². The molecule has 6 rings (SSSR count). The third kappa shape index (κ3) is 7.17. The fraction of sp³-hybridized carbons (Fsp3) is 0.595. The van der Waals surface area contributed by atoms with Crippen molar-refractivity contribution in [3.8, 4) is 0 Å². The summed E-state index contributed by atoms with van der Waals surface area (Å²) in [5.41, 5.74) is 3.62. The molecule has 43 heavy (non-hydrogen) atoms. The molecule has 1 saturated carbocycles. The van der Waals surface area contributed by atoms with Crippen molar-refractivity contribution >= 4 is 5.88 Å². The highest BCUT2D eigenvalue weighted by molar-refractivity contribution is 5.44. The number of piperidine rings is 2. The van der Waals surface area contributed by atoms with E-state index in [1.165, 1.54) is 68.9 Å². The molecule has 3 aliphatic rings. The van der Waals surface area contributed by atoms with Crippen LogP contribution in [0.5, 0.6) is 0 Å². The zero-order valence-corrected chi connectivity index (χ0v) is 26.6. The van der Waals surface area contributed by atoms with Gasteiger partial charge < -0.3 is 14.2 Å². The molecule has 3 aromatic rings. The van der Waals surface area contributed by atoms with Crippen molar-refractivity contribution in [2.45, 2.75) is 83.2 Å². The van der Waals surface area contributed by atoms with Crippen LogP contribution >= 0.6 is 0 Å². The molecule has 3 unspecified atom stereocenters. The summed E-state index contributed by atoms with van der Waals surface area (Å²) in [6, 6.07) is 18.5. The molecule has 0 radical (unpaired) electrons. The summed E-state index contributed by atoms with van der Waals surface area (Å²) in [6.07, 6.45) is 11.8. The van der Waals surface area contributed by atoms with Crippen LogP contribution in [0.4, 0.5) is 10.3 Å². The lowest BCUT2D eigenvalue weighted by Gasteiger charge is -2.42. The van der Waals surface area contributed by atoms with E-state index in [1.807, 2.05) is 12.1 Å². The predicted octanol–water partition coefficient (Wildman–Crippen LogP) is 8.28. The van der Waals surface area contributed by atoms with Gasteiger partial charge in [0.2, 0.25) is 11.8 Å². The van der Waals surface area contributed by atoms with Crippen LogP contribution in [0.25, 0.3) is 0 Å². The Morgan fingerprint density at radius 2 is 1.56 bits per heavy atom. The summed E-state index contributed by atoms with van der Waals surface area (Å²) in [7, 11) is 4.33. The molecule has 2 aliphatic heterocycles. The number of halogens is 1. The molecule has 5 nitrogen and oxygen atoms in total. The van der Waals surface area contributed by atoms with Crippen LogP contribution in [0, 0.1) is 23.6 Å². The van der Waals surface area contributed by atoms with Crippen molar-refractivity contribution in [3.05, 3.63) is 83.1 Å². The standard InChI is InChI=1S/C37H51FN4O/c1-27-11-10-24-42(26-27)37-33(25-28-12-6-4-7-13-28)39-36(43-37)35(41-22-8-5-9-23-41)31-16-14-29(15-17-31)34(40(2)3)30-18-20-32(38)21-19-30/h4,6-7,12-13,18-21,27,29,31,34-35H,5,8-11,14-17,22-26H2,1-3H3. The van der Waals surface area contributed by atoms with E-state index in [4.69, 9.17) is 9.40 Å². The topological polar surface area (TPSA) is 35.8 Å². The van der Waals surface area contributed by atoms with Gasteiger partial charge in [0.15, 0.2) is 0 Å². The highest BCUT2D eigenvalue weighted by Crippen LogP contribution is 2.46. The number of benzene rings is 2. The van der Waals surface area contributed by atoms with Crippen molar-refractivity contribution in [2.75, 3.05) is 45.2 Å². The van der Waals surface area contributed by atoms with E-state index in [9.17, 15) is 4.39 Å². The van der Waals surface area contributed by atoms with Gasteiger partial charge in [-0.2, -0.15) is 0 Å². The molecular weight excluding hydrogens is 535 g/mol. The summed E-state index contributed by atoms with van der Waals surface area (Å²) < 4.78 is 20.7. The molecule has 2 aromatic carbocycles. The molecule has 3 fully saturated rings. The van der Waals surface area contributed by atoms with Gasteiger partial charge in [-0.1, -0.05) is 55.8 Å². The smallest absolute Gasteiger partial charge is 0.220 e. The minimum absolute atomic E-state index is 0.162. The molecule has 0 amide bonds. The number of nitrogens with zero attached hydrogens (tertiary/aromatic N) is 4. The molecule has 0 N–H and O–H groups in total. The van der Waals surface area contributed by atoms with Gasteiger partial charge in [-0.05, 0) is 120 Å². The minimum Gasteiger partial charge on any atom is -0.423 e. The maximum Gasteiger partial charge on any atom is 0.220 e. The van der Waals surface area contributed by atoms with E-state index in [1.54, 1.807) is 12.1 Å². The van der Waals surface area contributed by atoms with E-state index < -0.39 is 0 Å². The maximum absolute atomic E-state index is 13.7. The molecule has 3 atom stereocenters. The Bertz CT molecular complexity index is 1280. The number of hydrogen-bond donors (Lipinski definition) is 0. The van der Waals surface area contributed by atoms with Gasteiger partial charge in [-0.3, -0.25) is 4.90 Å². The molecule has 0 bridgehead atoms. The summed E-state index contributed by atoms with van der Waals surface area (Å²) >= 11 is 0. The van der Waals surface area contributed by atoms with E-state index in [-0.39, 0.29) is 11.9 Å². The second-order valence-corrected chi connectivity index (χ2v) is 13.8. The number of likely N-dealkylation sites (tertiary alicyclic amines) is 1. The van der Waals surface area contributed by atoms with Gasteiger partial charge in [-0.15, -0.1) is 0 Å². The van der Waals surface area contributed by atoms with E-state index in [2.05, 4.69) is 66.1 Å². The third-order valence-corrected chi connectivity index (χ3v) is 10.4. The van der Waals surface area contributed by atoms with Gasteiger partial charge in [0.05, 0.1) is 6.04 Å². The van der Waals surface area contributed by atoms with Gasteiger partial charge in [0.1, 0.15) is 11.5 Å². The minimum atomic E-state index is -0.162. The Morgan fingerprint density at radius 1 is 0.860 bits per heavy atom. The highest BCUT2D eigenvalue weighted by atomic mass is 19.1. The Hall–Kier alpha value is -2.70. The average Bonchev–Trinajstić information content (AvgIpc) is 3.43. The molecule has 2 saturated heterocycles. The lowest BCUT2D eigenvalue weighted by molar-refractivity contribution is 0.0559. The normalized spacial score (nSPS) is 25.1. The van der Waals surface area contributed by atoms with Gasteiger partial charge in [0, 0.05) is 25.6 Å². The average molecular weight is 587 g/mol. The monoisotopic (exact) mass is 586 g/mol. The van der Waals surface area contributed by atoms with Crippen LogP contribution < -0.4 is 4.90 Å². The number of anilines is 1. The van der Waals surface area contributed by atoms with Crippen molar-refractivity contribution in [1.82, 2.24) is 14.8 Å². The molecule has 6 heteroatoms. The predicted molar refractivity (Wildman–Crippen MR) is 173 cm³/mol. The first-order chi connectivity index (χ1) is 21.0. The molecule has 0 spiro atoms. The zero-order valence-electron chi connectivity index (χ0n) is 26.6. The van der Waals surface area contributed by atoms with Gasteiger partial charge in [-0.25, -0.2) is 9.37 Å². The highest BCUT2D eigenvalue weighted by Gasteiger charge is 2.39. The number of aromatic nitrogens is 1. The fourth-order valence-electron chi connectivity index (χ4n) is 8.29. The van der Waals surface area contributed by atoms with Gasteiger partial charge in [0.25, 0.3) is 0 Å². The van der Waals surface area contributed by atoms with E-state index >= 15 is 0 Å². The Kier molecular flexibility index (Phi) is 9.84. The molecule has 232 valence electrons. The molecular formula is C37H51FN4O. The van der Waals surface area contributed by atoms with Crippen LogP contribution in [0.3, 0.4) is 0 Å². The number of hydrogen-bond acceptors (Lipinski definition) is 5. The van der Waals surface area contributed by atoms with Crippen LogP contribution in [0.2, 0.25) is 0 Å². The molecule has 1 aromatic heterocycles. The molecule has 1 aliphatic carbocycles.